The van der Waals surface area contributed by atoms with E-state index < -0.39 is 35.1 Å². The van der Waals surface area contributed by atoms with Gasteiger partial charge in [-0.15, -0.1) is 0 Å². The molecule has 1 spiro atoms. The molecule has 4 fully saturated rings. The molecular formula is C20H30O5. The molecule has 0 aliphatic heterocycles. The predicted molar refractivity (Wildman–Crippen MR) is 91.5 cm³/mol. The van der Waals surface area contributed by atoms with Crippen LogP contribution in [0.5, 0.6) is 0 Å². The molecule has 4 aliphatic rings. The number of Topliss-reactive ketones (excluding diaryl/α,β-unsaturated/α-hetero) is 1. The fourth-order valence-electron chi connectivity index (χ4n) is 7.35. The molecule has 25 heavy (non-hydrogen) atoms. The van der Waals surface area contributed by atoms with Crippen molar-refractivity contribution >= 4 is 5.78 Å². The highest BCUT2D eigenvalue weighted by Gasteiger charge is 2.76. The molecule has 0 amide bonds. The van der Waals surface area contributed by atoms with Gasteiger partial charge in [0.2, 0.25) is 0 Å². The third-order valence-electron chi connectivity index (χ3n) is 8.55. The first-order chi connectivity index (χ1) is 11.7. The number of carbonyl (C=O) groups excluding carboxylic acids is 1. The molecular weight excluding hydrogens is 320 g/mol. The van der Waals surface area contributed by atoms with E-state index in [2.05, 4.69) is 20.4 Å². The van der Waals surface area contributed by atoms with Gasteiger partial charge >= 0.3 is 0 Å². The summed E-state index contributed by atoms with van der Waals surface area (Å²) in [7, 11) is 0. The van der Waals surface area contributed by atoms with Gasteiger partial charge in [-0.2, -0.15) is 0 Å². The molecule has 0 radical (unpaired) electrons. The molecule has 5 nitrogen and oxygen atoms in total. The maximum absolute atomic E-state index is 13.2. The van der Waals surface area contributed by atoms with E-state index in [4.69, 9.17) is 0 Å². The summed E-state index contributed by atoms with van der Waals surface area (Å²) in [5, 5.41) is 43.7. The average molecular weight is 350 g/mol. The van der Waals surface area contributed by atoms with E-state index in [9.17, 15) is 25.2 Å². The number of aliphatic hydroxyl groups is 4. The first-order valence-electron chi connectivity index (χ1n) is 9.54. The Kier molecular flexibility index (Phi) is 3.64. The van der Waals surface area contributed by atoms with Crippen LogP contribution in [0.4, 0.5) is 0 Å². The summed E-state index contributed by atoms with van der Waals surface area (Å²) in [6.45, 7) is 7.92. The molecule has 4 rings (SSSR count). The predicted octanol–water partition coefficient (Wildman–Crippen LogP) is 1.04. The number of carbonyl (C=O) groups is 1. The summed E-state index contributed by atoms with van der Waals surface area (Å²) >= 11 is 0. The van der Waals surface area contributed by atoms with Crippen molar-refractivity contribution in [2.24, 2.45) is 34.0 Å². The van der Waals surface area contributed by atoms with Gasteiger partial charge in [-0.25, -0.2) is 0 Å². The van der Waals surface area contributed by atoms with Crippen molar-refractivity contribution in [1.29, 1.82) is 0 Å². The van der Waals surface area contributed by atoms with Crippen molar-refractivity contribution < 1.29 is 25.2 Å². The zero-order chi connectivity index (χ0) is 18.4. The highest BCUT2D eigenvalue weighted by molar-refractivity contribution is 6.04. The van der Waals surface area contributed by atoms with Crippen molar-refractivity contribution in [2.45, 2.75) is 64.3 Å². The highest BCUT2D eigenvalue weighted by Crippen LogP contribution is 2.70. The second-order valence-electron chi connectivity index (χ2n) is 9.59. The molecule has 5 heteroatoms. The number of rotatable bonds is 1. The summed E-state index contributed by atoms with van der Waals surface area (Å²) in [4.78, 5) is 13.2. The Labute approximate surface area is 148 Å². The van der Waals surface area contributed by atoms with Gasteiger partial charge in [-0.3, -0.25) is 4.79 Å². The van der Waals surface area contributed by atoms with Gasteiger partial charge in [0.05, 0.1) is 30.3 Å². The third kappa shape index (κ3) is 1.76. The normalized spacial score (nSPS) is 54.2. The van der Waals surface area contributed by atoms with Gasteiger partial charge in [-0.1, -0.05) is 20.4 Å². The van der Waals surface area contributed by atoms with E-state index in [-0.39, 0.29) is 29.6 Å². The summed E-state index contributed by atoms with van der Waals surface area (Å²) < 4.78 is 0. The van der Waals surface area contributed by atoms with Crippen LogP contribution in [-0.2, 0) is 4.79 Å². The maximum Gasteiger partial charge on any atom is 0.170 e. The Morgan fingerprint density at radius 1 is 1.08 bits per heavy atom. The third-order valence-corrected chi connectivity index (χ3v) is 8.55. The van der Waals surface area contributed by atoms with Crippen LogP contribution in [0.25, 0.3) is 0 Å². The number of hydrogen-bond donors (Lipinski definition) is 4. The SMILES string of the molecule is C=C1C(=O)[C@]23C(O)[C@@H]1CC[C@H]2[C@]1(CO)[C@H](O)CCC(C)(C)[C@H]1C[C@H]3O. The second-order valence-corrected chi connectivity index (χ2v) is 9.59. The van der Waals surface area contributed by atoms with E-state index in [1.165, 1.54) is 0 Å². The Morgan fingerprint density at radius 3 is 2.40 bits per heavy atom. The number of ketones is 1. The molecule has 4 N–H and O–H groups in total. The quantitative estimate of drug-likeness (QED) is 0.530. The fraction of sp³-hybridized carbons (Fsp3) is 0.850. The Morgan fingerprint density at radius 2 is 1.76 bits per heavy atom. The molecule has 1 unspecified atom stereocenters. The molecule has 0 saturated heterocycles. The van der Waals surface area contributed by atoms with Gasteiger partial charge in [0.15, 0.2) is 5.78 Å². The van der Waals surface area contributed by atoms with Crippen LogP contribution in [0.2, 0.25) is 0 Å². The van der Waals surface area contributed by atoms with Gasteiger partial charge in [0, 0.05) is 11.3 Å². The molecule has 0 aromatic carbocycles. The van der Waals surface area contributed by atoms with E-state index in [0.29, 0.717) is 31.3 Å². The van der Waals surface area contributed by atoms with E-state index in [0.717, 1.165) is 6.42 Å². The fourth-order valence-corrected chi connectivity index (χ4v) is 7.35. The van der Waals surface area contributed by atoms with Crippen molar-refractivity contribution in [3.05, 3.63) is 12.2 Å². The minimum absolute atomic E-state index is 0.0928. The lowest BCUT2D eigenvalue weighted by Crippen LogP contribution is -2.71. The summed E-state index contributed by atoms with van der Waals surface area (Å²) in [5.41, 5.74) is -1.91. The lowest BCUT2D eigenvalue weighted by atomic mass is 9.38. The van der Waals surface area contributed by atoms with E-state index in [1.807, 2.05) is 0 Å². The highest BCUT2D eigenvalue weighted by atomic mass is 16.3. The average Bonchev–Trinajstić information content (AvgIpc) is 2.68. The van der Waals surface area contributed by atoms with Crippen LogP contribution in [0.1, 0.15) is 46.0 Å². The molecule has 2 bridgehead atoms. The summed E-state index contributed by atoms with van der Waals surface area (Å²) in [5.74, 6) is -1.07. The van der Waals surface area contributed by atoms with Gasteiger partial charge < -0.3 is 20.4 Å². The molecule has 0 aromatic heterocycles. The van der Waals surface area contributed by atoms with E-state index in [1.54, 1.807) is 0 Å². The topological polar surface area (TPSA) is 98.0 Å². The van der Waals surface area contributed by atoms with Crippen LogP contribution in [0, 0.1) is 34.0 Å². The second kappa shape index (κ2) is 5.16. The van der Waals surface area contributed by atoms with E-state index >= 15 is 0 Å². The Balaban J connectivity index is 1.94. The number of aliphatic hydroxyl groups excluding tert-OH is 4. The first-order valence-corrected chi connectivity index (χ1v) is 9.54. The van der Waals surface area contributed by atoms with Crippen LogP contribution in [0.3, 0.4) is 0 Å². The lowest BCUT2D eigenvalue weighted by molar-refractivity contribution is -0.267. The molecule has 0 aromatic rings. The zero-order valence-electron chi connectivity index (χ0n) is 15.1. The molecule has 140 valence electrons. The molecule has 4 saturated carbocycles. The van der Waals surface area contributed by atoms with Crippen LogP contribution in [-0.4, -0.2) is 51.1 Å². The monoisotopic (exact) mass is 350 g/mol. The number of hydrogen-bond acceptors (Lipinski definition) is 5. The van der Waals surface area contributed by atoms with Crippen molar-refractivity contribution in [2.75, 3.05) is 6.61 Å². The standard InChI is InChI=1S/C20H30O5/c1-10-11-4-5-12-19(9-21)13(18(2,3)7-6-14(19)22)8-15(23)20(12,16(10)24)17(11)25/h11-15,17,21-23,25H,1,4-9H2,2-3H3/t11-,12+,13-,14-,15-,17?,19+,20+/m1/s1. The minimum atomic E-state index is -1.31. The number of fused-ring (bicyclic) bond motifs is 3. The van der Waals surface area contributed by atoms with Crippen molar-refractivity contribution in [3.8, 4) is 0 Å². The first kappa shape index (κ1) is 17.7. The smallest absolute Gasteiger partial charge is 0.170 e. The Hall–Kier alpha value is -0.750. The summed E-state index contributed by atoms with van der Waals surface area (Å²) in [6, 6.07) is 0. The van der Waals surface area contributed by atoms with Gasteiger partial charge in [-0.05, 0) is 54.9 Å². The van der Waals surface area contributed by atoms with Crippen LogP contribution < -0.4 is 0 Å². The lowest BCUT2D eigenvalue weighted by Gasteiger charge is -2.66. The van der Waals surface area contributed by atoms with Crippen LogP contribution >= 0.6 is 0 Å². The summed E-state index contributed by atoms with van der Waals surface area (Å²) in [6.07, 6.45) is 0.291. The molecule has 8 atom stereocenters. The zero-order valence-corrected chi connectivity index (χ0v) is 15.1. The minimum Gasteiger partial charge on any atom is -0.396 e. The maximum atomic E-state index is 13.2. The largest absolute Gasteiger partial charge is 0.396 e. The van der Waals surface area contributed by atoms with Gasteiger partial charge in [0.1, 0.15) is 0 Å². The van der Waals surface area contributed by atoms with Crippen molar-refractivity contribution in [1.82, 2.24) is 0 Å². The molecule has 4 aliphatic carbocycles. The Bertz CT molecular complexity index is 628. The van der Waals surface area contributed by atoms with Crippen LogP contribution in [0.15, 0.2) is 12.2 Å². The van der Waals surface area contributed by atoms with Gasteiger partial charge in [0.25, 0.3) is 0 Å². The van der Waals surface area contributed by atoms with Crippen molar-refractivity contribution in [3.63, 3.8) is 0 Å². The molecule has 0 heterocycles.